The Morgan fingerprint density at radius 1 is 1.67 bits per heavy atom. The monoisotopic (exact) mass is 250 g/mol. The van der Waals surface area contributed by atoms with E-state index in [1.54, 1.807) is 13.0 Å². The van der Waals surface area contributed by atoms with Crippen LogP contribution in [0.3, 0.4) is 0 Å². The summed E-state index contributed by atoms with van der Waals surface area (Å²) < 4.78 is 5.65. The quantitative estimate of drug-likeness (QED) is 0.491. The molecule has 1 aromatic rings. The van der Waals surface area contributed by atoms with Gasteiger partial charge >= 0.3 is 0 Å². The molecule has 1 saturated heterocycles. The lowest BCUT2D eigenvalue weighted by Gasteiger charge is -2.33. The number of nitrogens with zero attached hydrogens (tertiary/aromatic N) is 2. The van der Waals surface area contributed by atoms with Crippen molar-refractivity contribution in [1.29, 1.82) is 0 Å². The Morgan fingerprint density at radius 3 is 3.00 bits per heavy atom. The highest BCUT2D eigenvalue weighted by molar-refractivity contribution is 5.39. The lowest BCUT2D eigenvalue weighted by molar-refractivity contribution is -0.386. The normalized spacial score (nSPS) is 28.1. The second kappa shape index (κ2) is 4.83. The fraction of sp³-hybridized carbons (Fsp3) is 0.417. The van der Waals surface area contributed by atoms with Crippen molar-refractivity contribution in [1.82, 2.24) is 4.98 Å². The molecule has 1 aliphatic heterocycles. The Kier molecular flexibility index (Phi) is 3.40. The maximum atomic E-state index is 10.9. The standard InChI is InChI=1S/C12H14N2O4/c1-7-8(2)18-12(5-11(7)15)9-3-4-13-6-10(9)14(16)17/h3-4,6,8,11-12,15H,1,5H2,2H3. The van der Waals surface area contributed by atoms with Crippen LogP contribution >= 0.6 is 0 Å². The summed E-state index contributed by atoms with van der Waals surface area (Å²) in [5, 5.41) is 20.8. The molecule has 2 rings (SSSR count). The lowest BCUT2D eigenvalue weighted by atomic mass is 9.93. The van der Waals surface area contributed by atoms with Gasteiger partial charge in [-0.1, -0.05) is 6.58 Å². The third-order valence-corrected chi connectivity index (χ3v) is 3.13. The van der Waals surface area contributed by atoms with E-state index in [9.17, 15) is 15.2 Å². The van der Waals surface area contributed by atoms with Crippen LogP contribution in [0.2, 0.25) is 0 Å². The molecule has 2 heterocycles. The number of hydrogen-bond acceptors (Lipinski definition) is 5. The Bertz CT molecular complexity index is 475. The highest BCUT2D eigenvalue weighted by Gasteiger charge is 2.33. The van der Waals surface area contributed by atoms with Crippen molar-refractivity contribution in [2.24, 2.45) is 0 Å². The van der Waals surface area contributed by atoms with Crippen LogP contribution in [-0.4, -0.2) is 27.2 Å². The van der Waals surface area contributed by atoms with Gasteiger partial charge in [0.15, 0.2) is 0 Å². The molecule has 0 spiro atoms. The van der Waals surface area contributed by atoms with Gasteiger partial charge in [0.05, 0.1) is 28.8 Å². The van der Waals surface area contributed by atoms with Gasteiger partial charge in [0.25, 0.3) is 5.69 Å². The van der Waals surface area contributed by atoms with Crippen molar-refractivity contribution in [3.63, 3.8) is 0 Å². The lowest BCUT2D eigenvalue weighted by Crippen LogP contribution is -2.32. The van der Waals surface area contributed by atoms with E-state index in [1.807, 2.05) is 0 Å². The van der Waals surface area contributed by atoms with E-state index in [4.69, 9.17) is 4.74 Å². The number of aromatic nitrogens is 1. The molecule has 0 amide bonds. The molecule has 1 fully saturated rings. The van der Waals surface area contributed by atoms with Gasteiger partial charge in [-0.15, -0.1) is 0 Å². The van der Waals surface area contributed by atoms with Gasteiger partial charge in [0, 0.05) is 12.6 Å². The highest BCUT2D eigenvalue weighted by atomic mass is 16.6. The Labute approximate surface area is 104 Å². The third-order valence-electron chi connectivity index (χ3n) is 3.13. The topological polar surface area (TPSA) is 85.5 Å². The molecule has 96 valence electrons. The van der Waals surface area contributed by atoms with Gasteiger partial charge in [0.1, 0.15) is 6.20 Å². The molecule has 1 aliphatic rings. The van der Waals surface area contributed by atoms with Crippen LogP contribution in [0.4, 0.5) is 5.69 Å². The van der Waals surface area contributed by atoms with Crippen molar-refractivity contribution in [2.75, 3.05) is 0 Å². The molecule has 3 unspecified atom stereocenters. The van der Waals surface area contributed by atoms with Crippen LogP contribution in [0.15, 0.2) is 30.6 Å². The minimum Gasteiger partial charge on any atom is -0.389 e. The first kappa shape index (κ1) is 12.7. The third kappa shape index (κ3) is 2.25. The summed E-state index contributed by atoms with van der Waals surface area (Å²) in [5.74, 6) is 0. The molecule has 1 aromatic heterocycles. The molecule has 0 aromatic carbocycles. The number of hydrogen-bond donors (Lipinski definition) is 1. The van der Waals surface area contributed by atoms with Crippen LogP contribution in [0.5, 0.6) is 0 Å². The van der Waals surface area contributed by atoms with Crippen LogP contribution in [0, 0.1) is 10.1 Å². The molecule has 0 aliphatic carbocycles. The van der Waals surface area contributed by atoms with Crippen molar-refractivity contribution < 1.29 is 14.8 Å². The van der Waals surface area contributed by atoms with Gasteiger partial charge in [0.2, 0.25) is 0 Å². The molecule has 6 nitrogen and oxygen atoms in total. The van der Waals surface area contributed by atoms with E-state index in [0.717, 1.165) is 0 Å². The molecule has 6 heteroatoms. The minimum absolute atomic E-state index is 0.0885. The summed E-state index contributed by atoms with van der Waals surface area (Å²) in [4.78, 5) is 14.2. The maximum absolute atomic E-state index is 10.9. The maximum Gasteiger partial charge on any atom is 0.293 e. The van der Waals surface area contributed by atoms with Gasteiger partial charge < -0.3 is 9.84 Å². The van der Waals surface area contributed by atoms with Gasteiger partial charge in [-0.3, -0.25) is 15.1 Å². The zero-order valence-electron chi connectivity index (χ0n) is 9.94. The SMILES string of the molecule is C=C1C(O)CC(c2ccncc2[N+](=O)[O-])OC1C. The van der Waals surface area contributed by atoms with E-state index < -0.39 is 17.1 Å². The van der Waals surface area contributed by atoms with Gasteiger partial charge in [-0.05, 0) is 18.6 Å². The molecular formula is C12H14N2O4. The van der Waals surface area contributed by atoms with Crippen molar-refractivity contribution in [3.05, 3.63) is 46.3 Å². The predicted molar refractivity (Wildman–Crippen MR) is 63.9 cm³/mol. The zero-order valence-corrected chi connectivity index (χ0v) is 9.94. The molecule has 0 radical (unpaired) electrons. The summed E-state index contributed by atoms with van der Waals surface area (Å²) in [6.07, 6.45) is 1.40. The summed E-state index contributed by atoms with van der Waals surface area (Å²) >= 11 is 0. The fourth-order valence-corrected chi connectivity index (χ4v) is 2.04. The van der Waals surface area contributed by atoms with Crippen LogP contribution < -0.4 is 0 Å². The first-order valence-corrected chi connectivity index (χ1v) is 5.61. The number of ether oxygens (including phenoxy) is 1. The average molecular weight is 250 g/mol. The van der Waals surface area contributed by atoms with Crippen molar-refractivity contribution in [3.8, 4) is 0 Å². The number of pyridine rings is 1. The number of rotatable bonds is 2. The zero-order chi connectivity index (χ0) is 13.3. The van der Waals surface area contributed by atoms with Gasteiger partial charge in [-0.25, -0.2) is 0 Å². The second-order valence-corrected chi connectivity index (χ2v) is 4.28. The van der Waals surface area contributed by atoms with E-state index >= 15 is 0 Å². The molecule has 1 N–H and O–H groups in total. The second-order valence-electron chi connectivity index (χ2n) is 4.28. The first-order chi connectivity index (χ1) is 8.50. The van der Waals surface area contributed by atoms with Crippen LogP contribution in [0.25, 0.3) is 0 Å². The fourth-order valence-electron chi connectivity index (χ4n) is 2.04. The molecule has 0 saturated carbocycles. The van der Waals surface area contributed by atoms with E-state index in [2.05, 4.69) is 11.6 Å². The number of nitro groups is 1. The van der Waals surface area contributed by atoms with E-state index in [0.29, 0.717) is 11.1 Å². The molecule has 0 bridgehead atoms. The average Bonchev–Trinajstić information content (AvgIpc) is 2.35. The number of aliphatic hydroxyl groups is 1. The number of aliphatic hydroxyl groups excluding tert-OH is 1. The molecular weight excluding hydrogens is 236 g/mol. The Hall–Kier alpha value is -1.79. The Morgan fingerprint density at radius 2 is 2.39 bits per heavy atom. The minimum atomic E-state index is -0.702. The van der Waals surface area contributed by atoms with Crippen LogP contribution in [0.1, 0.15) is 25.0 Å². The largest absolute Gasteiger partial charge is 0.389 e. The first-order valence-electron chi connectivity index (χ1n) is 5.61. The molecule has 3 atom stereocenters. The summed E-state index contributed by atoms with van der Waals surface area (Å²) in [6.45, 7) is 5.51. The Balaban J connectivity index is 2.32. The summed E-state index contributed by atoms with van der Waals surface area (Å²) in [5.41, 5.74) is 0.950. The van der Waals surface area contributed by atoms with Crippen molar-refractivity contribution in [2.45, 2.75) is 31.7 Å². The summed E-state index contributed by atoms with van der Waals surface area (Å²) in [6, 6.07) is 1.55. The van der Waals surface area contributed by atoms with Crippen molar-refractivity contribution >= 4 is 5.69 Å². The highest BCUT2D eigenvalue weighted by Crippen LogP contribution is 2.37. The van der Waals surface area contributed by atoms with E-state index in [1.165, 1.54) is 12.4 Å². The van der Waals surface area contributed by atoms with E-state index in [-0.39, 0.29) is 18.2 Å². The van der Waals surface area contributed by atoms with Crippen LogP contribution in [-0.2, 0) is 4.74 Å². The van der Waals surface area contributed by atoms with Gasteiger partial charge in [-0.2, -0.15) is 0 Å². The smallest absolute Gasteiger partial charge is 0.293 e. The molecule has 18 heavy (non-hydrogen) atoms. The predicted octanol–water partition coefficient (Wildman–Crippen LogP) is 1.76. The summed E-state index contributed by atoms with van der Waals surface area (Å²) in [7, 11) is 0.